The maximum absolute atomic E-state index is 12.0. The molecule has 0 aromatic heterocycles. The normalized spacial score (nSPS) is 16.1. The van der Waals surface area contributed by atoms with E-state index in [1.807, 2.05) is 19.1 Å². The highest BCUT2D eigenvalue weighted by atomic mass is 35.5. The molecule has 0 atom stereocenters. The Labute approximate surface area is 105 Å². The van der Waals surface area contributed by atoms with E-state index in [4.69, 9.17) is 11.6 Å². The van der Waals surface area contributed by atoms with E-state index in [0.717, 1.165) is 10.5 Å². The van der Waals surface area contributed by atoms with Gasteiger partial charge < -0.3 is 0 Å². The number of benzene rings is 1. The number of likely N-dealkylation sites (N-methyl/N-ethyl adjacent to an activating group) is 1. The SMILES string of the molecule is CCN1C(=O)C(Cl)=C(c2ccc(C)cc2)C1=O. The van der Waals surface area contributed by atoms with Gasteiger partial charge in [-0.3, -0.25) is 14.5 Å². The Bertz CT molecular complexity index is 517. The summed E-state index contributed by atoms with van der Waals surface area (Å²) in [6.07, 6.45) is 0. The molecule has 1 aromatic carbocycles. The van der Waals surface area contributed by atoms with Crippen molar-refractivity contribution in [1.29, 1.82) is 0 Å². The van der Waals surface area contributed by atoms with E-state index < -0.39 is 5.91 Å². The average molecular weight is 250 g/mol. The second kappa shape index (κ2) is 4.34. The van der Waals surface area contributed by atoms with E-state index >= 15 is 0 Å². The first-order valence-corrected chi connectivity index (χ1v) is 5.77. The number of carbonyl (C=O) groups excluding carboxylic acids is 2. The molecular formula is C13H12ClNO2. The third-order valence-corrected chi connectivity index (χ3v) is 3.12. The quantitative estimate of drug-likeness (QED) is 0.755. The molecule has 2 amide bonds. The van der Waals surface area contributed by atoms with E-state index in [1.165, 1.54) is 0 Å². The van der Waals surface area contributed by atoms with Gasteiger partial charge in [0.05, 0.1) is 5.57 Å². The number of hydrogen-bond donors (Lipinski definition) is 0. The Morgan fingerprint density at radius 2 is 1.71 bits per heavy atom. The van der Waals surface area contributed by atoms with Crippen molar-refractivity contribution in [3.05, 3.63) is 40.4 Å². The second-order valence-corrected chi connectivity index (χ2v) is 4.29. The van der Waals surface area contributed by atoms with Crippen LogP contribution in [0.5, 0.6) is 0 Å². The minimum atomic E-state index is -0.408. The Kier molecular flexibility index (Phi) is 3.03. The maximum atomic E-state index is 12.0. The lowest BCUT2D eigenvalue weighted by Gasteiger charge is -2.10. The fourth-order valence-electron chi connectivity index (χ4n) is 1.80. The van der Waals surface area contributed by atoms with E-state index in [2.05, 4.69) is 0 Å². The largest absolute Gasteiger partial charge is 0.274 e. The fraction of sp³-hybridized carbons (Fsp3) is 0.231. The van der Waals surface area contributed by atoms with Gasteiger partial charge in [-0.2, -0.15) is 0 Å². The van der Waals surface area contributed by atoms with E-state index in [1.54, 1.807) is 19.1 Å². The zero-order valence-corrected chi connectivity index (χ0v) is 10.4. The number of aryl methyl sites for hydroxylation is 1. The number of rotatable bonds is 2. The topological polar surface area (TPSA) is 37.4 Å². The summed E-state index contributed by atoms with van der Waals surface area (Å²) in [7, 11) is 0. The molecule has 0 unspecified atom stereocenters. The Morgan fingerprint density at radius 1 is 1.12 bits per heavy atom. The van der Waals surface area contributed by atoms with Crippen molar-refractivity contribution in [1.82, 2.24) is 4.90 Å². The molecule has 88 valence electrons. The van der Waals surface area contributed by atoms with Gasteiger partial charge in [0.15, 0.2) is 0 Å². The molecule has 17 heavy (non-hydrogen) atoms. The fourth-order valence-corrected chi connectivity index (χ4v) is 2.10. The lowest BCUT2D eigenvalue weighted by molar-refractivity contribution is -0.136. The van der Waals surface area contributed by atoms with Gasteiger partial charge in [-0.05, 0) is 19.4 Å². The van der Waals surface area contributed by atoms with Crippen LogP contribution in [0.1, 0.15) is 18.1 Å². The summed E-state index contributed by atoms with van der Waals surface area (Å²) in [4.78, 5) is 24.9. The molecule has 4 heteroatoms. The van der Waals surface area contributed by atoms with Gasteiger partial charge in [-0.15, -0.1) is 0 Å². The van der Waals surface area contributed by atoms with Crippen molar-refractivity contribution < 1.29 is 9.59 Å². The minimum absolute atomic E-state index is 0.0145. The second-order valence-electron chi connectivity index (χ2n) is 3.91. The summed E-state index contributed by atoms with van der Waals surface area (Å²) in [6.45, 7) is 4.04. The molecule has 0 radical (unpaired) electrons. The van der Waals surface area contributed by atoms with Crippen LogP contribution in [0.25, 0.3) is 5.57 Å². The van der Waals surface area contributed by atoms with Gasteiger partial charge in [0, 0.05) is 6.54 Å². The molecule has 0 aliphatic carbocycles. The number of carbonyl (C=O) groups is 2. The molecule has 0 fully saturated rings. The van der Waals surface area contributed by atoms with Crippen LogP contribution in [0.2, 0.25) is 0 Å². The third-order valence-electron chi connectivity index (χ3n) is 2.77. The number of hydrogen-bond acceptors (Lipinski definition) is 2. The molecule has 0 N–H and O–H groups in total. The molecule has 1 aliphatic rings. The van der Waals surface area contributed by atoms with Gasteiger partial charge >= 0.3 is 0 Å². The van der Waals surface area contributed by atoms with E-state index in [-0.39, 0.29) is 10.9 Å². The summed E-state index contributed by atoms with van der Waals surface area (Å²) >= 11 is 5.94. The Balaban J connectivity index is 2.48. The van der Waals surface area contributed by atoms with Crippen molar-refractivity contribution in [2.75, 3.05) is 6.54 Å². The van der Waals surface area contributed by atoms with Crippen LogP contribution >= 0.6 is 11.6 Å². The highest BCUT2D eigenvalue weighted by Gasteiger charge is 2.36. The molecule has 1 aromatic rings. The average Bonchev–Trinajstić information content (AvgIpc) is 2.52. The molecule has 1 aliphatic heterocycles. The molecular weight excluding hydrogens is 238 g/mol. The molecule has 1 heterocycles. The lowest BCUT2D eigenvalue weighted by atomic mass is 10.0. The van der Waals surface area contributed by atoms with Crippen LogP contribution in [0.4, 0.5) is 0 Å². The molecule has 0 bridgehead atoms. The van der Waals surface area contributed by atoms with Crippen LogP contribution < -0.4 is 0 Å². The van der Waals surface area contributed by atoms with Crippen molar-refractivity contribution in [3.63, 3.8) is 0 Å². The maximum Gasteiger partial charge on any atom is 0.273 e. The lowest BCUT2D eigenvalue weighted by Crippen LogP contribution is -2.30. The van der Waals surface area contributed by atoms with Crippen molar-refractivity contribution in [2.45, 2.75) is 13.8 Å². The zero-order chi connectivity index (χ0) is 12.6. The number of imide groups is 1. The summed E-state index contributed by atoms with van der Waals surface area (Å²) in [5, 5.41) is 0.0145. The molecule has 2 rings (SSSR count). The first-order chi connectivity index (χ1) is 8.06. The number of halogens is 1. The predicted octanol–water partition coefficient (Wildman–Crippen LogP) is 2.33. The summed E-state index contributed by atoms with van der Waals surface area (Å²) in [5.74, 6) is -0.721. The van der Waals surface area contributed by atoms with Gasteiger partial charge in [0.2, 0.25) is 0 Å². The standard InChI is InChI=1S/C13H12ClNO2/c1-3-15-12(16)10(11(14)13(15)17)9-6-4-8(2)5-7-9/h4-7H,3H2,1-2H3. The molecule has 0 saturated carbocycles. The first kappa shape index (κ1) is 11.9. The van der Waals surface area contributed by atoms with Gasteiger partial charge in [0.25, 0.3) is 11.8 Å². The predicted molar refractivity (Wildman–Crippen MR) is 66.3 cm³/mol. The van der Waals surface area contributed by atoms with Crippen molar-refractivity contribution >= 4 is 29.0 Å². The van der Waals surface area contributed by atoms with Crippen LogP contribution in [0.3, 0.4) is 0 Å². The summed E-state index contributed by atoms with van der Waals surface area (Å²) in [5.41, 5.74) is 2.09. The Morgan fingerprint density at radius 3 is 2.18 bits per heavy atom. The van der Waals surface area contributed by atoms with Gasteiger partial charge in [0.1, 0.15) is 5.03 Å². The van der Waals surface area contributed by atoms with Gasteiger partial charge in [-0.25, -0.2) is 0 Å². The highest BCUT2D eigenvalue weighted by Crippen LogP contribution is 2.31. The summed E-state index contributed by atoms with van der Waals surface area (Å²) in [6, 6.07) is 7.38. The first-order valence-electron chi connectivity index (χ1n) is 5.39. The van der Waals surface area contributed by atoms with Crippen molar-refractivity contribution in [2.24, 2.45) is 0 Å². The third kappa shape index (κ3) is 1.87. The van der Waals surface area contributed by atoms with E-state index in [0.29, 0.717) is 17.7 Å². The number of nitrogens with zero attached hydrogens (tertiary/aromatic N) is 1. The minimum Gasteiger partial charge on any atom is -0.274 e. The molecule has 0 spiro atoms. The zero-order valence-electron chi connectivity index (χ0n) is 9.66. The van der Waals surface area contributed by atoms with Crippen LogP contribution in [-0.2, 0) is 9.59 Å². The van der Waals surface area contributed by atoms with Crippen molar-refractivity contribution in [3.8, 4) is 0 Å². The Hall–Kier alpha value is -1.61. The van der Waals surface area contributed by atoms with E-state index in [9.17, 15) is 9.59 Å². The van der Waals surface area contributed by atoms with Crippen LogP contribution in [-0.4, -0.2) is 23.3 Å². The van der Waals surface area contributed by atoms with Gasteiger partial charge in [-0.1, -0.05) is 41.4 Å². The monoisotopic (exact) mass is 249 g/mol. The molecule has 0 saturated heterocycles. The number of amides is 2. The van der Waals surface area contributed by atoms with Crippen LogP contribution in [0, 0.1) is 6.92 Å². The smallest absolute Gasteiger partial charge is 0.273 e. The highest BCUT2D eigenvalue weighted by molar-refractivity contribution is 6.55. The summed E-state index contributed by atoms with van der Waals surface area (Å²) < 4.78 is 0. The molecule has 3 nitrogen and oxygen atoms in total. The van der Waals surface area contributed by atoms with Crippen LogP contribution in [0.15, 0.2) is 29.3 Å².